The summed E-state index contributed by atoms with van der Waals surface area (Å²) in [5.41, 5.74) is 0. The summed E-state index contributed by atoms with van der Waals surface area (Å²) in [6, 6.07) is 0.308. The van der Waals surface area contributed by atoms with Crippen molar-refractivity contribution in [3.05, 3.63) is 12.2 Å². The second kappa shape index (κ2) is 2.67. The first-order chi connectivity index (χ1) is 4.33. The van der Waals surface area contributed by atoms with Gasteiger partial charge in [0, 0.05) is 12.5 Å². The van der Waals surface area contributed by atoms with E-state index in [1.54, 1.807) is 0 Å². The van der Waals surface area contributed by atoms with Crippen LogP contribution >= 0.6 is 0 Å². The molecule has 1 saturated heterocycles. The molecule has 1 heterocycles. The number of carbonyl (C=O) groups excluding carboxylic acids is 1. The normalized spacial score (nSPS) is 27.2. The smallest absolute Gasteiger partial charge is 0.220 e. The molecule has 50 valence electrons. The number of hydrogen-bond acceptors (Lipinski definition) is 1. The molecule has 0 aromatic rings. The molecule has 9 heavy (non-hydrogen) atoms. The molecule has 0 aromatic heterocycles. The topological polar surface area (TPSA) is 29.1 Å². The monoisotopic (exact) mass is 125 g/mol. The van der Waals surface area contributed by atoms with Crippen molar-refractivity contribution in [1.29, 1.82) is 0 Å². The fourth-order valence-corrected chi connectivity index (χ4v) is 1.01. The van der Waals surface area contributed by atoms with Crippen LogP contribution in [0.1, 0.15) is 19.8 Å². The zero-order chi connectivity index (χ0) is 6.69. The molecular formula is C7H11NO. The summed E-state index contributed by atoms with van der Waals surface area (Å²) in [4.78, 5) is 10.6. The Kier molecular flexibility index (Phi) is 1.88. The van der Waals surface area contributed by atoms with Gasteiger partial charge in [-0.25, -0.2) is 0 Å². The second-order valence-electron chi connectivity index (χ2n) is 2.24. The van der Waals surface area contributed by atoms with Gasteiger partial charge in [0.1, 0.15) is 0 Å². The summed E-state index contributed by atoms with van der Waals surface area (Å²) in [6.07, 6.45) is 5.64. The quantitative estimate of drug-likeness (QED) is 0.517. The summed E-state index contributed by atoms with van der Waals surface area (Å²) >= 11 is 0. The van der Waals surface area contributed by atoms with Crippen molar-refractivity contribution in [2.24, 2.45) is 0 Å². The van der Waals surface area contributed by atoms with E-state index in [9.17, 15) is 4.79 Å². The first-order valence-electron chi connectivity index (χ1n) is 3.25. The number of carbonyl (C=O) groups is 1. The third kappa shape index (κ3) is 1.56. The predicted molar refractivity (Wildman–Crippen MR) is 36.0 cm³/mol. The molecule has 0 aromatic carbocycles. The van der Waals surface area contributed by atoms with E-state index in [2.05, 4.69) is 5.32 Å². The van der Waals surface area contributed by atoms with Gasteiger partial charge in [-0.3, -0.25) is 4.79 Å². The Bertz CT molecular complexity index is 140. The van der Waals surface area contributed by atoms with Gasteiger partial charge in [0.25, 0.3) is 0 Å². The molecule has 0 bridgehead atoms. The SMILES string of the molecule is C/C=C/C1CCC(=O)N1. The molecule has 1 atom stereocenters. The summed E-state index contributed by atoms with van der Waals surface area (Å²) in [5, 5.41) is 2.83. The molecule has 0 spiro atoms. The number of rotatable bonds is 1. The minimum absolute atomic E-state index is 0.179. The molecule has 0 saturated carbocycles. The highest BCUT2D eigenvalue weighted by atomic mass is 16.1. The van der Waals surface area contributed by atoms with Gasteiger partial charge in [0.2, 0.25) is 5.91 Å². The first-order valence-corrected chi connectivity index (χ1v) is 3.25. The number of allylic oxidation sites excluding steroid dienone is 1. The van der Waals surface area contributed by atoms with Crippen molar-refractivity contribution in [3.63, 3.8) is 0 Å². The lowest BCUT2D eigenvalue weighted by molar-refractivity contribution is -0.119. The molecule has 1 amide bonds. The van der Waals surface area contributed by atoms with Crippen LogP contribution in [-0.4, -0.2) is 11.9 Å². The van der Waals surface area contributed by atoms with Crippen molar-refractivity contribution in [2.75, 3.05) is 0 Å². The van der Waals surface area contributed by atoms with Gasteiger partial charge in [0.05, 0.1) is 0 Å². The van der Waals surface area contributed by atoms with Gasteiger partial charge in [-0.05, 0) is 13.3 Å². The van der Waals surface area contributed by atoms with E-state index in [4.69, 9.17) is 0 Å². The maximum absolute atomic E-state index is 10.6. The number of nitrogens with one attached hydrogen (secondary N) is 1. The van der Waals surface area contributed by atoms with E-state index >= 15 is 0 Å². The summed E-state index contributed by atoms with van der Waals surface area (Å²) < 4.78 is 0. The van der Waals surface area contributed by atoms with Crippen LogP contribution in [0.15, 0.2) is 12.2 Å². The molecule has 1 unspecified atom stereocenters. The van der Waals surface area contributed by atoms with E-state index in [0.717, 1.165) is 6.42 Å². The molecule has 1 aliphatic rings. The molecule has 1 fully saturated rings. The standard InChI is InChI=1S/C7H11NO/c1-2-3-6-4-5-7(9)8-6/h2-3,6H,4-5H2,1H3,(H,8,9)/b3-2+. The molecule has 0 aliphatic carbocycles. The second-order valence-corrected chi connectivity index (χ2v) is 2.24. The highest BCUT2D eigenvalue weighted by Crippen LogP contribution is 2.06. The van der Waals surface area contributed by atoms with Gasteiger partial charge in [0.15, 0.2) is 0 Å². The van der Waals surface area contributed by atoms with Crippen molar-refractivity contribution in [1.82, 2.24) is 5.32 Å². The van der Waals surface area contributed by atoms with Crippen LogP contribution in [0.4, 0.5) is 0 Å². The number of hydrogen-bond donors (Lipinski definition) is 1. The van der Waals surface area contributed by atoms with E-state index in [-0.39, 0.29) is 5.91 Å². The van der Waals surface area contributed by atoms with Crippen molar-refractivity contribution in [2.45, 2.75) is 25.8 Å². The van der Waals surface area contributed by atoms with Gasteiger partial charge < -0.3 is 5.32 Å². The maximum Gasteiger partial charge on any atom is 0.220 e. The van der Waals surface area contributed by atoms with Crippen LogP contribution in [0, 0.1) is 0 Å². The Balaban J connectivity index is 2.39. The van der Waals surface area contributed by atoms with Crippen molar-refractivity contribution >= 4 is 5.91 Å². The van der Waals surface area contributed by atoms with Crippen molar-refractivity contribution < 1.29 is 4.79 Å². The number of amides is 1. The third-order valence-electron chi connectivity index (χ3n) is 1.45. The van der Waals surface area contributed by atoms with E-state index in [0.29, 0.717) is 12.5 Å². The van der Waals surface area contributed by atoms with Crippen LogP contribution in [0.3, 0.4) is 0 Å². The summed E-state index contributed by atoms with van der Waals surface area (Å²) in [5.74, 6) is 0.179. The maximum atomic E-state index is 10.6. The lowest BCUT2D eigenvalue weighted by Gasteiger charge is -1.99. The Morgan fingerprint density at radius 2 is 2.56 bits per heavy atom. The average molecular weight is 125 g/mol. The minimum Gasteiger partial charge on any atom is -0.350 e. The Morgan fingerprint density at radius 3 is 3.00 bits per heavy atom. The third-order valence-corrected chi connectivity index (χ3v) is 1.45. The molecule has 1 aliphatic heterocycles. The Hall–Kier alpha value is -0.790. The highest BCUT2D eigenvalue weighted by Gasteiger charge is 2.16. The zero-order valence-electron chi connectivity index (χ0n) is 5.55. The first kappa shape index (κ1) is 6.33. The summed E-state index contributed by atoms with van der Waals surface area (Å²) in [7, 11) is 0. The highest BCUT2D eigenvalue weighted by molar-refractivity contribution is 5.78. The largest absolute Gasteiger partial charge is 0.350 e. The van der Waals surface area contributed by atoms with E-state index in [1.165, 1.54) is 0 Å². The lowest BCUT2D eigenvalue weighted by atomic mass is 10.2. The molecular weight excluding hydrogens is 114 g/mol. The molecule has 2 heteroatoms. The fraction of sp³-hybridized carbons (Fsp3) is 0.571. The van der Waals surface area contributed by atoms with Crippen LogP contribution in [0.2, 0.25) is 0 Å². The van der Waals surface area contributed by atoms with Crippen LogP contribution in [-0.2, 0) is 4.79 Å². The fourth-order valence-electron chi connectivity index (χ4n) is 1.01. The Morgan fingerprint density at radius 1 is 1.78 bits per heavy atom. The van der Waals surface area contributed by atoms with Crippen LogP contribution in [0.5, 0.6) is 0 Å². The van der Waals surface area contributed by atoms with E-state index in [1.807, 2.05) is 19.1 Å². The van der Waals surface area contributed by atoms with Gasteiger partial charge in [-0.1, -0.05) is 12.2 Å². The van der Waals surface area contributed by atoms with Crippen LogP contribution < -0.4 is 5.32 Å². The lowest BCUT2D eigenvalue weighted by Crippen LogP contribution is -2.22. The van der Waals surface area contributed by atoms with E-state index < -0.39 is 0 Å². The van der Waals surface area contributed by atoms with Gasteiger partial charge in [-0.15, -0.1) is 0 Å². The van der Waals surface area contributed by atoms with Crippen LogP contribution in [0.25, 0.3) is 0 Å². The van der Waals surface area contributed by atoms with Crippen molar-refractivity contribution in [3.8, 4) is 0 Å². The molecule has 1 rings (SSSR count). The summed E-state index contributed by atoms with van der Waals surface area (Å²) in [6.45, 7) is 1.96. The predicted octanol–water partition coefficient (Wildman–Crippen LogP) is 0.841. The molecule has 1 N–H and O–H groups in total. The Labute approximate surface area is 54.9 Å². The molecule has 2 nitrogen and oxygen atoms in total. The minimum atomic E-state index is 0.179. The molecule has 0 radical (unpaired) electrons. The van der Waals surface area contributed by atoms with Gasteiger partial charge in [-0.2, -0.15) is 0 Å². The van der Waals surface area contributed by atoms with Gasteiger partial charge >= 0.3 is 0 Å². The average Bonchev–Trinajstić information content (AvgIpc) is 2.17. The zero-order valence-corrected chi connectivity index (χ0v) is 5.55.